The van der Waals surface area contributed by atoms with Crippen LogP contribution in [0.5, 0.6) is 0 Å². The Bertz CT molecular complexity index is 125. The highest BCUT2D eigenvalue weighted by Crippen LogP contribution is 1.99. The van der Waals surface area contributed by atoms with Crippen molar-refractivity contribution in [2.45, 2.75) is 20.3 Å². The molecule has 2 heteroatoms. The fraction of sp³-hybridized carbons (Fsp3) is 0.429. The van der Waals surface area contributed by atoms with Gasteiger partial charge in [0.1, 0.15) is 7.11 Å². The summed E-state index contributed by atoms with van der Waals surface area (Å²) in [5.74, 6) is -0.286. The minimum atomic E-state index is -0.286. The Morgan fingerprint density at radius 2 is 2.33 bits per heavy atom. The van der Waals surface area contributed by atoms with Gasteiger partial charge in [-0.25, -0.2) is 0 Å². The second-order valence-corrected chi connectivity index (χ2v) is 1.83. The van der Waals surface area contributed by atoms with E-state index in [1.54, 1.807) is 0 Å². The van der Waals surface area contributed by atoms with Crippen molar-refractivity contribution in [2.75, 3.05) is 0 Å². The molecule has 0 aliphatic carbocycles. The number of carbonyl (C=O) groups excluding carboxylic acids is 1. The lowest BCUT2D eigenvalue weighted by atomic mass is 10.2. The maximum atomic E-state index is 10.5. The fourth-order valence-electron chi connectivity index (χ4n) is 0.381. The number of hydrogen-bond donors (Lipinski definition) is 0. The van der Waals surface area contributed by atoms with Crippen LogP contribution < -0.4 is 0 Å². The molecule has 0 aliphatic heterocycles. The molecule has 0 saturated carbocycles. The van der Waals surface area contributed by atoms with Gasteiger partial charge in [-0.15, -0.1) is 0 Å². The third-order valence-electron chi connectivity index (χ3n) is 1.08. The first-order valence-electron chi connectivity index (χ1n) is 2.77. The molecule has 1 radical (unpaired) electrons. The molecule has 9 heavy (non-hydrogen) atoms. The first-order valence-corrected chi connectivity index (χ1v) is 2.77. The SMILES string of the molecule is [CH2]OC(=O)C/C(C)=C/C. The standard InChI is InChI=1S/C7H11O2/c1-4-6(2)5-7(8)9-3/h4H,3,5H2,1-2H3/b6-4+. The van der Waals surface area contributed by atoms with E-state index < -0.39 is 0 Å². The number of carbonyl (C=O) groups is 1. The largest absolute Gasteiger partial charge is 0.462 e. The summed E-state index contributed by atoms with van der Waals surface area (Å²) in [6, 6.07) is 0. The van der Waals surface area contributed by atoms with Crippen molar-refractivity contribution in [2.24, 2.45) is 0 Å². The maximum absolute atomic E-state index is 10.5. The topological polar surface area (TPSA) is 26.3 Å². The van der Waals surface area contributed by atoms with E-state index in [2.05, 4.69) is 11.8 Å². The summed E-state index contributed by atoms with van der Waals surface area (Å²) in [5, 5.41) is 0. The van der Waals surface area contributed by atoms with Gasteiger partial charge in [-0.2, -0.15) is 0 Å². The number of ether oxygens (including phenoxy) is 1. The predicted molar refractivity (Wildman–Crippen MR) is 35.5 cm³/mol. The van der Waals surface area contributed by atoms with Gasteiger partial charge in [-0.05, 0) is 13.8 Å². The quantitative estimate of drug-likeness (QED) is 0.416. The Balaban J connectivity index is 3.60. The Labute approximate surface area is 55.5 Å². The number of rotatable bonds is 2. The summed E-state index contributed by atoms with van der Waals surface area (Å²) < 4.78 is 4.19. The van der Waals surface area contributed by atoms with Crippen molar-refractivity contribution < 1.29 is 9.53 Å². The number of esters is 1. The molecule has 0 bridgehead atoms. The molecule has 0 N–H and O–H groups in total. The molecule has 0 spiro atoms. The van der Waals surface area contributed by atoms with Gasteiger partial charge in [0.05, 0.1) is 6.42 Å². The molecule has 0 aromatic rings. The molecular weight excluding hydrogens is 116 g/mol. The minimum Gasteiger partial charge on any atom is -0.462 e. The zero-order valence-corrected chi connectivity index (χ0v) is 5.81. The first kappa shape index (κ1) is 8.21. The van der Waals surface area contributed by atoms with Gasteiger partial charge in [0.15, 0.2) is 0 Å². The van der Waals surface area contributed by atoms with Gasteiger partial charge in [0, 0.05) is 0 Å². The van der Waals surface area contributed by atoms with E-state index in [4.69, 9.17) is 0 Å². The van der Waals surface area contributed by atoms with Gasteiger partial charge in [-0.3, -0.25) is 4.79 Å². The molecule has 0 saturated heterocycles. The zero-order chi connectivity index (χ0) is 7.28. The molecule has 0 aliphatic rings. The number of hydrogen-bond acceptors (Lipinski definition) is 2. The van der Waals surface area contributed by atoms with E-state index in [-0.39, 0.29) is 5.97 Å². The van der Waals surface area contributed by atoms with Crippen molar-refractivity contribution in [3.8, 4) is 0 Å². The third kappa shape index (κ3) is 3.76. The van der Waals surface area contributed by atoms with E-state index in [0.717, 1.165) is 5.57 Å². The highest BCUT2D eigenvalue weighted by atomic mass is 16.5. The van der Waals surface area contributed by atoms with E-state index >= 15 is 0 Å². The van der Waals surface area contributed by atoms with Crippen LogP contribution in [0, 0.1) is 7.11 Å². The van der Waals surface area contributed by atoms with Gasteiger partial charge in [-0.1, -0.05) is 11.6 Å². The summed E-state index contributed by atoms with van der Waals surface area (Å²) in [6.45, 7) is 3.75. The van der Waals surface area contributed by atoms with Gasteiger partial charge >= 0.3 is 5.97 Å². The van der Waals surface area contributed by atoms with E-state index in [0.29, 0.717) is 6.42 Å². The highest BCUT2D eigenvalue weighted by molar-refractivity contribution is 5.72. The lowest BCUT2D eigenvalue weighted by Crippen LogP contribution is -1.98. The van der Waals surface area contributed by atoms with Crippen LogP contribution in [0.4, 0.5) is 0 Å². The van der Waals surface area contributed by atoms with Crippen LogP contribution in [-0.4, -0.2) is 5.97 Å². The average Bonchev–Trinajstić information content (AvgIpc) is 1.87. The van der Waals surface area contributed by atoms with Gasteiger partial charge in [0.2, 0.25) is 0 Å². The van der Waals surface area contributed by atoms with Crippen molar-refractivity contribution >= 4 is 5.97 Å². The molecule has 2 nitrogen and oxygen atoms in total. The average molecular weight is 127 g/mol. The predicted octanol–water partition coefficient (Wildman–Crippen LogP) is 1.68. The Kier molecular flexibility index (Phi) is 3.76. The monoisotopic (exact) mass is 127 g/mol. The molecule has 51 valence electrons. The molecule has 0 atom stereocenters. The molecule has 0 fully saturated rings. The van der Waals surface area contributed by atoms with Gasteiger partial charge < -0.3 is 4.74 Å². The summed E-state index contributed by atoms with van der Waals surface area (Å²) >= 11 is 0. The smallest absolute Gasteiger partial charge is 0.310 e. The second kappa shape index (κ2) is 4.13. The van der Waals surface area contributed by atoms with Crippen molar-refractivity contribution in [3.63, 3.8) is 0 Å². The summed E-state index contributed by atoms with van der Waals surface area (Å²) in [7, 11) is 3.00. The van der Waals surface area contributed by atoms with E-state index in [1.165, 1.54) is 0 Å². The Morgan fingerprint density at radius 3 is 2.67 bits per heavy atom. The third-order valence-corrected chi connectivity index (χ3v) is 1.08. The second-order valence-electron chi connectivity index (χ2n) is 1.83. The minimum absolute atomic E-state index is 0.286. The maximum Gasteiger partial charge on any atom is 0.310 e. The van der Waals surface area contributed by atoms with E-state index in [1.807, 2.05) is 19.9 Å². The molecule has 0 aromatic carbocycles. The molecule has 0 amide bonds. The summed E-state index contributed by atoms with van der Waals surface area (Å²) in [6.07, 6.45) is 2.22. The Hall–Kier alpha value is -0.790. The first-order chi connectivity index (χ1) is 4.20. The summed E-state index contributed by atoms with van der Waals surface area (Å²) in [4.78, 5) is 10.5. The Morgan fingerprint density at radius 1 is 1.78 bits per heavy atom. The molecule has 0 rings (SSSR count). The number of allylic oxidation sites excluding steroid dienone is 1. The molecule has 0 aromatic heterocycles. The van der Waals surface area contributed by atoms with Crippen LogP contribution in [0.1, 0.15) is 20.3 Å². The summed E-state index contributed by atoms with van der Waals surface area (Å²) in [5.41, 5.74) is 1.00. The van der Waals surface area contributed by atoms with E-state index in [9.17, 15) is 4.79 Å². The molecule has 0 unspecified atom stereocenters. The normalized spacial score (nSPS) is 11.2. The lowest BCUT2D eigenvalue weighted by Gasteiger charge is -1.95. The fourth-order valence-corrected chi connectivity index (χ4v) is 0.381. The van der Waals surface area contributed by atoms with Crippen LogP contribution in [-0.2, 0) is 9.53 Å². The van der Waals surface area contributed by atoms with Crippen LogP contribution in [0.3, 0.4) is 0 Å². The van der Waals surface area contributed by atoms with Crippen LogP contribution in [0.25, 0.3) is 0 Å². The van der Waals surface area contributed by atoms with Crippen LogP contribution in [0.15, 0.2) is 11.6 Å². The highest BCUT2D eigenvalue weighted by Gasteiger charge is 1.98. The van der Waals surface area contributed by atoms with Crippen molar-refractivity contribution in [1.82, 2.24) is 0 Å². The van der Waals surface area contributed by atoms with Crippen molar-refractivity contribution in [1.29, 1.82) is 0 Å². The van der Waals surface area contributed by atoms with Crippen LogP contribution >= 0.6 is 0 Å². The lowest BCUT2D eigenvalue weighted by molar-refractivity contribution is -0.137. The zero-order valence-electron chi connectivity index (χ0n) is 5.81. The van der Waals surface area contributed by atoms with Gasteiger partial charge in [0.25, 0.3) is 0 Å². The van der Waals surface area contributed by atoms with Crippen molar-refractivity contribution in [3.05, 3.63) is 18.8 Å². The van der Waals surface area contributed by atoms with Crippen LogP contribution in [0.2, 0.25) is 0 Å². The molecule has 0 heterocycles. The molecular formula is C7H11O2.